The average molecular weight is 321 g/mol. The van der Waals surface area contributed by atoms with E-state index in [0.717, 1.165) is 19.1 Å². The van der Waals surface area contributed by atoms with E-state index in [4.69, 9.17) is 4.74 Å². The van der Waals surface area contributed by atoms with Crippen LogP contribution in [0, 0.1) is 21.4 Å². The van der Waals surface area contributed by atoms with Crippen molar-refractivity contribution in [3.63, 3.8) is 0 Å². The number of nitro groups is 1. The third-order valence-corrected chi connectivity index (χ3v) is 2.91. The Morgan fingerprint density at radius 1 is 1.52 bits per heavy atom. The molecule has 1 rings (SSSR count). The van der Waals surface area contributed by atoms with Crippen molar-refractivity contribution in [2.75, 3.05) is 6.61 Å². The predicted octanol–water partition coefficient (Wildman–Crippen LogP) is 0.804. The quantitative estimate of drug-likeness (QED) is 0.448. The number of nitrogens with zero attached hydrogens (tertiary/aromatic N) is 2. The Labute approximate surface area is 131 Å². The fraction of sp³-hybridized carbons (Fsp3) is 0.357. The van der Waals surface area contributed by atoms with Crippen molar-refractivity contribution in [3.8, 4) is 11.8 Å². The molecule has 0 saturated carbocycles. The summed E-state index contributed by atoms with van der Waals surface area (Å²) < 4.78 is 4.82. The summed E-state index contributed by atoms with van der Waals surface area (Å²) in [4.78, 5) is 33.3. The van der Waals surface area contributed by atoms with Crippen molar-refractivity contribution in [2.45, 2.75) is 25.8 Å². The Morgan fingerprint density at radius 2 is 2.17 bits per heavy atom. The van der Waals surface area contributed by atoms with Crippen LogP contribution in [-0.4, -0.2) is 34.1 Å². The molecule has 0 radical (unpaired) electrons. The lowest BCUT2D eigenvalue weighted by atomic mass is 9.91. The summed E-state index contributed by atoms with van der Waals surface area (Å²) in [5.41, 5.74) is -2.24. The number of nitrogens with one attached hydrogen (secondary N) is 1. The number of benzene rings is 1. The van der Waals surface area contributed by atoms with Crippen LogP contribution in [0.1, 0.15) is 19.4 Å². The molecule has 0 fully saturated rings. The average Bonchev–Trinajstić information content (AvgIpc) is 2.45. The second-order valence-corrected chi connectivity index (χ2v) is 4.68. The maximum atomic E-state index is 12.1. The van der Waals surface area contributed by atoms with Crippen LogP contribution in [0.2, 0.25) is 0 Å². The molecule has 0 aliphatic heterocycles. The van der Waals surface area contributed by atoms with Crippen molar-refractivity contribution >= 4 is 17.6 Å². The van der Waals surface area contributed by atoms with Crippen LogP contribution in [0.25, 0.3) is 0 Å². The summed E-state index contributed by atoms with van der Waals surface area (Å²) in [5, 5.41) is 31.9. The van der Waals surface area contributed by atoms with E-state index >= 15 is 0 Å². The molecule has 9 nitrogen and oxygen atoms in total. The highest BCUT2D eigenvalue weighted by Gasteiger charge is 2.42. The van der Waals surface area contributed by atoms with E-state index < -0.39 is 33.8 Å². The van der Waals surface area contributed by atoms with E-state index in [1.54, 1.807) is 13.0 Å². The summed E-state index contributed by atoms with van der Waals surface area (Å²) in [6.45, 7) is 2.69. The maximum Gasteiger partial charge on any atom is 0.347 e. The standard InChI is InChI=1S/C14H15N3O6/c1-3-23-13(20)14(8-15,16-9(2)18)7-10-4-5-11(17(21)22)12(19)6-10/h4-6,19H,3,7H2,1-2H3,(H,16,18)/t14-/m0/s1. The number of nitriles is 1. The van der Waals surface area contributed by atoms with Crippen LogP contribution in [-0.2, 0) is 20.7 Å². The number of phenols is 1. The van der Waals surface area contributed by atoms with E-state index in [2.05, 4.69) is 5.32 Å². The molecular weight excluding hydrogens is 306 g/mol. The fourth-order valence-electron chi connectivity index (χ4n) is 1.97. The van der Waals surface area contributed by atoms with Gasteiger partial charge in [0, 0.05) is 19.4 Å². The second kappa shape index (κ2) is 7.22. The Bertz CT molecular complexity index is 682. The minimum atomic E-state index is -1.98. The van der Waals surface area contributed by atoms with E-state index in [9.17, 15) is 30.1 Å². The molecule has 0 saturated heterocycles. The minimum absolute atomic E-state index is 0.00730. The third kappa shape index (κ3) is 4.16. The SMILES string of the molecule is CCOC(=O)[C@@](C#N)(Cc1ccc([N+](=O)[O-])c(O)c1)NC(C)=O. The third-order valence-electron chi connectivity index (χ3n) is 2.91. The first-order chi connectivity index (χ1) is 10.8. The van der Waals surface area contributed by atoms with Gasteiger partial charge in [-0.3, -0.25) is 14.9 Å². The Morgan fingerprint density at radius 3 is 2.61 bits per heavy atom. The van der Waals surface area contributed by atoms with Gasteiger partial charge in [0.15, 0.2) is 5.75 Å². The van der Waals surface area contributed by atoms with Crippen molar-refractivity contribution in [1.29, 1.82) is 5.26 Å². The highest BCUT2D eigenvalue weighted by Crippen LogP contribution is 2.28. The van der Waals surface area contributed by atoms with Crippen LogP contribution >= 0.6 is 0 Å². The molecule has 122 valence electrons. The molecule has 0 aliphatic rings. The molecule has 0 spiro atoms. The van der Waals surface area contributed by atoms with Crippen LogP contribution in [0.5, 0.6) is 5.75 Å². The number of phenolic OH excluding ortho intramolecular Hbond substituents is 1. The van der Waals surface area contributed by atoms with Gasteiger partial charge in [0.25, 0.3) is 0 Å². The number of esters is 1. The summed E-state index contributed by atoms with van der Waals surface area (Å²) in [6, 6.07) is 5.11. The molecule has 2 N–H and O–H groups in total. The number of hydrogen-bond donors (Lipinski definition) is 2. The smallest absolute Gasteiger partial charge is 0.347 e. The number of ether oxygens (including phenoxy) is 1. The fourth-order valence-corrected chi connectivity index (χ4v) is 1.97. The largest absolute Gasteiger partial charge is 0.502 e. The molecule has 0 aromatic heterocycles. The van der Waals surface area contributed by atoms with Gasteiger partial charge >= 0.3 is 11.7 Å². The first-order valence-corrected chi connectivity index (χ1v) is 6.59. The van der Waals surface area contributed by atoms with Gasteiger partial charge < -0.3 is 15.2 Å². The topological polar surface area (TPSA) is 143 Å². The van der Waals surface area contributed by atoms with Gasteiger partial charge in [-0.1, -0.05) is 6.07 Å². The Kier molecular flexibility index (Phi) is 5.62. The lowest BCUT2D eigenvalue weighted by Gasteiger charge is -2.25. The number of carbonyl (C=O) groups excluding carboxylic acids is 2. The van der Waals surface area contributed by atoms with Crippen molar-refractivity contribution in [3.05, 3.63) is 33.9 Å². The lowest BCUT2D eigenvalue weighted by Crippen LogP contribution is -2.55. The number of nitro benzene ring substituents is 1. The van der Waals surface area contributed by atoms with E-state index in [0.29, 0.717) is 0 Å². The minimum Gasteiger partial charge on any atom is -0.502 e. The maximum absolute atomic E-state index is 12.1. The molecule has 0 aliphatic carbocycles. The van der Waals surface area contributed by atoms with E-state index in [1.165, 1.54) is 6.07 Å². The first kappa shape index (κ1) is 17.9. The highest BCUT2D eigenvalue weighted by atomic mass is 16.6. The molecule has 0 bridgehead atoms. The zero-order chi connectivity index (χ0) is 17.6. The number of carbonyl (C=O) groups is 2. The van der Waals surface area contributed by atoms with Crippen LogP contribution in [0.3, 0.4) is 0 Å². The molecule has 0 heterocycles. The van der Waals surface area contributed by atoms with Crippen LogP contribution < -0.4 is 5.32 Å². The summed E-state index contributed by atoms with van der Waals surface area (Å²) in [6.07, 6.45) is -0.312. The Balaban J connectivity index is 3.22. The van der Waals surface area contributed by atoms with Crippen molar-refractivity contribution in [1.82, 2.24) is 5.32 Å². The molecule has 23 heavy (non-hydrogen) atoms. The number of hydrogen-bond acceptors (Lipinski definition) is 7. The predicted molar refractivity (Wildman–Crippen MR) is 77.3 cm³/mol. The number of rotatable bonds is 6. The van der Waals surface area contributed by atoms with Crippen molar-refractivity contribution in [2.24, 2.45) is 0 Å². The van der Waals surface area contributed by atoms with E-state index in [1.807, 2.05) is 0 Å². The molecule has 0 unspecified atom stereocenters. The number of amides is 1. The second-order valence-electron chi connectivity index (χ2n) is 4.68. The molecule has 1 aromatic rings. The van der Waals surface area contributed by atoms with Crippen molar-refractivity contribution < 1.29 is 24.4 Å². The highest BCUT2D eigenvalue weighted by molar-refractivity contribution is 5.90. The summed E-state index contributed by atoms with van der Waals surface area (Å²) >= 11 is 0. The van der Waals surface area contributed by atoms with Crippen LogP contribution in [0.15, 0.2) is 18.2 Å². The molecule has 1 atom stereocenters. The number of aromatic hydroxyl groups is 1. The monoisotopic (exact) mass is 321 g/mol. The normalized spacial score (nSPS) is 12.6. The zero-order valence-corrected chi connectivity index (χ0v) is 12.5. The molecule has 1 aromatic carbocycles. The summed E-state index contributed by atoms with van der Waals surface area (Å²) in [5.74, 6) is -2.17. The molecule has 9 heteroatoms. The van der Waals surface area contributed by atoms with Gasteiger partial charge in [0.1, 0.15) is 6.07 Å². The van der Waals surface area contributed by atoms with Gasteiger partial charge in [-0.05, 0) is 18.6 Å². The Hall–Kier alpha value is -3.15. The van der Waals surface area contributed by atoms with E-state index in [-0.39, 0.29) is 18.6 Å². The molecular formula is C14H15N3O6. The molecule has 1 amide bonds. The van der Waals surface area contributed by atoms with Gasteiger partial charge in [0.05, 0.1) is 11.5 Å². The lowest BCUT2D eigenvalue weighted by molar-refractivity contribution is -0.385. The van der Waals surface area contributed by atoms with Gasteiger partial charge in [-0.2, -0.15) is 5.26 Å². The van der Waals surface area contributed by atoms with Gasteiger partial charge in [-0.15, -0.1) is 0 Å². The van der Waals surface area contributed by atoms with Crippen LogP contribution in [0.4, 0.5) is 5.69 Å². The van der Waals surface area contributed by atoms with Gasteiger partial charge in [0.2, 0.25) is 11.4 Å². The first-order valence-electron chi connectivity index (χ1n) is 6.59. The summed E-state index contributed by atoms with van der Waals surface area (Å²) in [7, 11) is 0. The zero-order valence-electron chi connectivity index (χ0n) is 12.5. The van der Waals surface area contributed by atoms with Gasteiger partial charge in [-0.25, -0.2) is 4.79 Å².